The van der Waals surface area contributed by atoms with Crippen molar-refractivity contribution in [3.63, 3.8) is 0 Å². The molecule has 4 aromatic rings. The van der Waals surface area contributed by atoms with Crippen molar-refractivity contribution < 1.29 is 9.50 Å². The van der Waals surface area contributed by atoms with Crippen LogP contribution in [0.1, 0.15) is 36.4 Å². The molecule has 0 fully saturated rings. The molecule has 0 aliphatic carbocycles. The maximum Gasteiger partial charge on any atom is 0.147 e. The number of benzene rings is 1. The average molecular weight is 508 g/mol. The van der Waals surface area contributed by atoms with Gasteiger partial charge in [0.1, 0.15) is 40.6 Å². The Hall–Kier alpha value is -3.56. The molecule has 0 amide bonds. The summed E-state index contributed by atoms with van der Waals surface area (Å²) in [7, 11) is 0. The number of nitrogens with one attached hydrogen (secondary N) is 1. The van der Waals surface area contributed by atoms with Crippen molar-refractivity contribution in [3.05, 3.63) is 82.5 Å². The van der Waals surface area contributed by atoms with Crippen molar-refractivity contribution in [3.8, 4) is 5.82 Å². The fourth-order valence-electron chi connectivity index (χ4n) is 4.67. The van der Waals surface area contributed by atoms with E-state index in [4.69, 9.17) is 21.6 Å². The summed E-state index contributed by atoms with van der Waals surface area (Å²) in [5.74, 6) is 2.58. The van der Waals surface area contributed by atoms with Crippen molar-refractivity contribution in [2.24, 2.45) is 0 Å². The number of rotatable bonds is 7. The SMILES string of the molecule is Cc1cc(Cc2nc(NCCO)c3c(n2)N(c2ccc(F)cc2)CC3(C)C)cnc1-n1cnc(Cl)c1. The van der Waals surface area contributed by atoms with E-state index < -0.39 is 0 Å². The molecule has 0 spiro atoms. The Labute approximate surface area is 213 Å². The van der Waals surface area contributed by atoms with Crippen LogP contribution in [-0.2, 0) is 11.8 Å². The third-order valence-electron chi connectivity index (χ3n) is 6.23. The van der Waals surface area contributed by atoms with Gasteiger partial charge in [-0.2, -0.15) is 0 Å². The first-order valence-corrected chi connectivity index (χ1v) is 12.1. The Kier molecular flexibility index (Phi) is 6.36. The van der Waals surface area contributed by atoms with E-state index in [1.807, 2.05) is 6.92 Å². The largest absolute Gasteiger partial charge is 0.395 e. The zero-order valence-electron chi connectivity index (χ0n) is 20.3. The minimum Gasteiger partial charge on any atom is -0.395 e. The van der Waals surface area contributed by atoms with Gasteiger partial charge in [0.15, 0.2) is 0 Å². The number of aliphatic hydroxyl groups excluding tert-OH is 1. The normalized spacial score (nSPS) is 14.2. The standard InChI is InChI=1S/C26H27ClFN7O/c1-16-10-17(12-30-24(16)34-13-20(27)31-15-34)11-21-32-23(29-8-9-36)22-25(33-21)35(14-26(22,2)3)19-6-4-18(28)5-7-19/h4-7,10,12-13,15,36H,8-9,11,14H2,1-3H3,(H,29,32,33). The Morgan fingerprint density at radius 3 is 2.58 bits per heavy atom. The molecule has 0 saturated heterocycles. The van der Waals surface area contributed by atoms with Crippen molar-refractivity contribution in [1.29, 1.82) is 0 Å². The first kappa shape index (κ1) is 24.1. The lowest BCUT2D eigenvalue weighted by Gasteiger charge is -2.22. The van der Waals surface area contributed by atoms with Gasteiger partial charge in [0.25, 0.3) is 0 Å². The fraction of sp³-hybridized carbons (Fsp3) is 0.308. The highest BCUT2D eigenvalue weighted by molar-refractivity contribution is 6.29. The number of anilines is 3. The molecular weight excluding hydrogens is 481 g/mol. The molecule has 186 valence electrons. The van der Waals surface area contributed by atoms with Crippen molar-refractivity contribution in [2.75, 3.05) is 29.9 Å². The van der Waals surface area contributed by atoms with Crippen LogP contribution in [0.15, 0.2) is 49.1 Å². The number of halogens is 2. The molecule has 0 saturated carbocycles. The number of fused-ring (bicyclic) bond motifs is 1. The summed E-state index contributed by atoms with van der Waals surface area (Å²) in [5, 5.41) is 13.1. The highest BCUT2D eigenvalue weighted by Gasteiger charge is 2.40. The van der Waals surface area contributed by atoms with Crippen LogP contribution in [0.25, 0.3) is 5.82 Å². The lowest BCUT2D eigenvalue weighted by atomic mass is 9.88. The van der Waals surface area contributed by atoms with Gasteiger partial charge in [-0.25, -0.2) is 24.3 Å². The van der Waals surface area contributed by atoms with Crippen molar-refractivity contribution in [2.45, 2.75) is 32.6 Å². The molecule has 8 nitrogen and oxygen atoms in total. The van der Waals surface area contributed by atoms with Gasteiger partial charge in [-0.15, -0.1) is 0 Å². The third kappa shape index (κ3) is 4.64. The summed E-state index contributed by atoms with van der Waals surface area (Å²) >= 11 is 5.96. The Balaban J connectivity index is 1.53. The van der Waals surface area contributed by atoms with Gasteiger partial charge in [0.2, 0.25) is 0 Å². The van der Waals surface area contributed by atoms with Gasteiger partial charge in [0, 0.05) is 48.6 Å². The van der Waals surface area contributed by atoms with Crippen molar-refractivity contribution in [1.82, 2.24) is 24.5 Å². The van der Waals surface area contributed by atoms with Gasteiger partial charge in [-0.05, 0) is 42.3 Å². The zero-order chi connectivity index (χ0) is 25.4. The summed E-state index contributed by atoms with van der Waals surface area (Å²) in [5.41, 5.74) is 3.51. The van der Waals surface area contributed by atoms with Crippen molar-refractivity contribution >= 4 is 28.9 Å². The van der Waals surface area contributed by atoms with Gasteiger partial charge < -0.3 is 15.3 Å². The topological polar surface area (TPSA) is 92.0 Å². The smallest absolute Gasteiger partial charge is 0.147 e. The van der Waals surface area contributed by atoms with Crippen LogP contribution in [0.2, 0.25) is 5.15 Å². The molecule has 0 radical (unpaired) electrons. The molecule has 1 aromatic carbocycles. The second-order valence-electron chi connectivity index (χ2n) is 9.55. The van der Waals surface area contributed by atoms with E-state index in [2.05, 4.69) is 40.1 Å². The van der Waals surface area contributed by atoms with Gasteiger partial charge in [-0.3, -0.25) is 4.57 Å². The quantitative estimate of drug-likeness (QED) is 0.378. The molecule has 0 bridgehead atoms. The van der Waals surface area contributed by atoms with Crippen LogP contribution in [0.4, 0.5) is 21.7 Å². The minimum atomic E-state index is -0.282. The lowest BCUT2D eigenvalue weighted by molar-refractivity contribution is 0.311. The molecule has 5 rings (SSSR count). The minimum absolute atomic E-state index is 0.0148. The van der Waals surface area contributed by atoms with Gasteiger partial charge in [-0.1, -0.05) is 31.5 Å². The summed E-state index contributed by atoms with van der Waals surface area (Å²) in [6.45, 7) is 7.28. The second-order valence-corrected chi connectivity index (χ2v) is 9.94. The predicted octanol–water partition coefficient (Wildman–Crippen LogP) is 4.58. The highest BCUT2D eigenvalue weighted by atomic mass is 35.5. The number of aliphatic hydroxyl groups is 1. The van der Waals surface area contributed by atoms with Crippen LogP contribution < -0.4 is 10.2 Å². The number of hydrogen-bond acceptors (Lipinski definition) is 7. The number of aromatic nitrogens is 5. The molecule has 2 N–H and O–H groups in total. The average Bonchev–Trinajstić information content (AvgIpc) is 3.38. The van der Waals surface area contributed by atoms with Crippen LogP contribution in [0.5, 0.6) is 0 Å². The number of hydrogen-bond donors (Lipinski definition) is 2. The molecule has 36 heavy (non-hydrogen) atoms. The Morgan fingerprint density at radius 2 is 1.92 bits per heavy atom. The lowest BCUT2D eigenvalue weighted by Crippen LogP contribution is -2.25. The summed E-state index contributed by atoms with van der Waals surface area (Å²) in [6, 6.07) is 8.48. The number of pyridine rings is 1. The molecule has 0 atom stereocenters. The Morgan fingerprint density at radius 1 is 1.14 bits per heavy atom. The molecule has 4 heterocycles. The highest BCUT2D eigenvalue weighted by Crippen LogP contribution is 2.46. The van der Waals surface area contributed by atoms with Crippen LogP contribution in [-0.4, -0.2) is 49.3 Å². The second kappa shape index (κ2) is 9.48. The molecule has 1 aliphatic rings. The number of aryl methyl sites for hydroxylation is 1. The summed E-state index contributed by atoms with van der Waals surface area (Å²) < 4.78 is 15.4. The number of nitrogens with zero attached hydrogens (tertiary/aromatic N) is 6. The van der Waals surface area contributed by atoms with Crippen LogP contribution >= 0.6 is 11.6 Å². The van der Waals surface area contributed by atoms with E-state index in [1.165, 1.54) is 12.1 Å². The first-order valence-electron chi connectivity index (χ1n) is 11.7. The predicted molar refractivity (Wildman–Crippen MR) is 138 cm³/mol. The van der Waals surface area contributed by atoms with E-state index in [1.54, 1.807) is 35.4 Å². The molecule has 10 heteroatoms. The molecule has 0 unspecified atom stereocenters. The van der Waals surface area contributed by atoms with E-state index in [0.29, 0.717) is 36.3 Å². The fourth-order valence-corrected chi connectivity index (χ4v) is 4.82. The van der Waals surface area contributed by atoms with Gasteiger partial charge >= 0.3 is 0 Å². The van der Waals surface area contributed by atoms with Crippen LogP contribution in [0.3, 0.4) is 0 Å². The monoisotopic (exact) mass is 507 g/mol. The van der Waals surface area contributed by atoms with Gasteiger partial charge in [0.05, 0.1) is 6.61 Å². The molecule has 3 aromatic heterocycles. The first-order chi connectivity index (χ1) is 17.2. The maximum atomic E-state index is 13.6. The third-order valence-corrected chi connectivity index (χ3v) is 6.42. The van der Waals surface area contributed by atoms with E-state index in [0.717, 1.165) is 34.0 Å². The number of imidazole rings is 1. The molecule has 1 aliphatic heterocycles. The van der Waals surface area contributed by atoms with E-state index in [9.17, 15) is 9.50 Å². The Bertz CT molecular complexity index is 1400. The summed E-state index contributed by atoms with van der Waals surface area (Å²) in [4.78, 5) is 20.6. The molecular formula is C26H27ClFN7O. The van der Waals surface area contributed by atoms with Crippen LogP contribution in [0, 0.1) is 12.7 Å². The van der Waals surface area contributed by atoms with E-state index in [-0.39, 0.29) is 17.8 Å². The van der Waals surface area contributed by atoms with E-state index >= 15 is 0 Å². The maximum absolute atomic E-state index is 13.6. The summed E-state index contributed by atoms with van der Waals surface area (Å²) in [6.07, 6.45) is 5.61. The zero-order valence-corrected chi connectivity index (χ0v) is 21.1.